The van der Waals surface area contributed by atoms with Crippen LogP contribution in [-0.2, 0) is 0 Å². The van der Waals surface area contributed by atoms with E-state index in [9.17, 15) is 9.50 Å². The van der Waals surface area contributed by atoms with Crippen molar-refractivity contribution in [2.45, 2.75) is 0 Å². The topological polar surface area (TPSA) is 58.1 Å². The molecular formula is C10H9FN2O2. The van der Waals surface area contributed by atoms with E-state index in [2.05, 4.69) is 9.97 Å². The summed E-state index contributed by atoms with van der Waals surface area (Å²) in [5.74, 6) is -0.331. The first-order valence-electron chi connectivity index (χ1n) is 4.29. The molecule has 0 aliphatic heterocycles. The van der Waals surface area contributed by atoms with Crippen molar-refractivity contribution in [2.75, 3.05) is 7.11 Å². The number of imidazole rings is 1. The minimum atomic E-state index is -0.553. The summed E-state index contributed by atoms with van der Waals surface area (Å²) < 4.78 is 18.3. The number of benzene rings is 1. The summed E-state index contributed by atoms with van der Waals surface area (Å²) in [4.78, 5) is 6.59. The van der Waals surface area contributed by atoms with E-state index in [1.807, 2.05) is 0 Å². The fourth-order valence-electron chi connectivity index (χ4n) is 1.34. The smallest absolute Gasteiger partial charge is 0.171 e. The van der Waals surface area contributed by atoms with Crippen LogP contribution < -0.4 is 4.74 Å². The van der Waals surface area contributed by atoms with E-state index in [1.54, 1.807) is 6.20 Å². The molecule has 5 heteroatoms. The fraction of sp³-hybridized carbons (Fsp3) is 0.100. The van der Waals surface area contributed by atoms with Crippen molar-refractivity contribution in [2.24, 2.45) is 0 Å². The van der Waals surface area contributed by atoms with Gasteiger partial charge in [-0.05, 0) is 12.1 Å². The molecule has 1 aromatic heterocycles. The third kappa shape index (κ3) is 1.52. The number of nitrogens with zero attached hydrogens (tertiary/aromatic N) is 1. The normalized spacial score (nSPS) is 10.3. The fourth-order valence-corrected chi connectivity index (χ4v) is 1.34. The van der Waals surface area contributed by atoms with Gasteiger partial charge < -0.3 is 14.8 Å². The van der Waals surface area contributed by atoms with Gasteiger partial charge in [-0.2, -0.15) is 0 Å². The Morgan fingerprint density at radius 3 is 2.87 bits per heavy atom. The van der Waals surface area contributed by atoms with E-state index in [-0.39, 0.29) is 22.9 Å². The molecule has 4 nitrogen and oxygen atoms in total. The highest BCUT2D eigenvalue weighted by Gasteiger charge is 2.16. The number of phenolic OH excluding ortho intramolecular Hbond substituents is 1. The van der Waals surface area contributed by atoms with Crippen LogP contribution in [-0.4, -0.2) is 22.2 Å². The molecule has 1 heterocycles. The molecule has 15 heavy (non-hydrogen) atoms. The SMILES string of the molecule is COc1ccc(F)c(-c2ncc[nH]2)c1O. The van der Waals surface area contributed by atoms with E-state index < -0.39 is 5.82 Å². The molecule has 0 saturated carbocycles. The van der Waals surface area contributed by atoms with Gasteiger partial charge in [0.2, 0.25) is 0 Å². The molecule has 0 saturated heterocycles. The Morgan fingerprint density at radius 2 is 2.27 bits per heavy atom. The van der Waals surface area contributed by atoms with Gasteiger partial charge in [-0.25, -0.2) is 9.37 Å². The summed E-state index contributed by atoms with van der Waals surface area (Å²) in [5.41, 5.74) is 0.0133. The number of H-pyrrole nitrogens is 1. The van der Waals surface area contributed by atoms with Gasteiger partial charge in [0.15, 0.2) is 11.5 Å². The van der Waals surface area contributed by atoms with E-state index in [1.165, 1.54) is 25.4 Å². The van der Waals surface area contributed by atoms with Crippen LogP contribution in [0.2, 0.25) is 0 Å². The quantitative estimate of drug-likeness (QED) is 0.792. The van der Waals surface area contributed by atoms with Crippen molar-refractivity contribution < 1.29 is 14.2 Å². The molecule has 0 fully saturated rings. The summed E-state index contributed by atoms with van der Waals surface area (Å²) in [6, 6.07) is 2.58. The molecule has 0 amide bonds. The lowest BCUT2D eigenvalue weighted by atomic mass is 10.1. The second-order valence-corrected chi connectivity index (χ2v) is 2.91. The van der Waals surface area contributed by atoms with Crippen LogP contribution in [0.25, 0.3) is 11.4 Å². The van der Waals surface area contributed by atoms with Crippen LogP contribution in [0, 0.1) is 5.82 Å². The van der Waals surface area contributed by atoms with Crippen LogP contribution in [0.5, 0.6) is 11.5 Å². The Balaban J connectivity index is 2.64. The average molecular weight is 208 g/mol. The number of aromatic hydroxyl groups is 1. The molecule has 0 bridgehead atoms. The second kappa shape index (κ2) is 3.61. The molecule has 0 unspecified atom stereocenters. The summed E-state index contributed by atoms with van der Waals surface area (Å²) >= 11 is 0. The lowest BCUT2D eigenvalue weighted by Gasteiger charge is -2.07. The molecule has 0 radical (unpaired) electrons. The second-order valence-electron chi connectivity index (χ2n) is 2.91. The zero-order valence-corrected chi connectivity index (χ0v) is 7.99. The van der Waals surface area contributed by atoms with E-state index in [0.717, 1.165) is 0 Å². The molecule has 0 spiro atoms. The van der Waals surface area contributed by atoms with Gasteiger partial charge >= 0.3 is 0 Å². The van der Waals surface area contributed by atoms with Crippen molar-refractivity contribution in [3.05, 3.63) is 30.3 Å². The maximum Gasteiger partial charge on any atom is 0.171 e. The number of rotatable bonds is 2. The third-order valence-corrected chi connectivity index (χ3v) is 2.04. The van der Waals surface area contributed by atoms with Crippen molar-refractivity contribution in [3.8, 4) is 22.9 Å². The number of aromatic amines is 1. The van der Waals surface area contributed by atoms with Gasteiger partial charge in [-0.1, -0.05) is 0 Å². The Kier molecular flexibility index (Phi) is 2.29. The minimum Gasteiger partial charge on any atom is -0.504 e. The number of phenols is 1. The van der Waals surface area contributed by atoms with Gasteiger partial charge in [0.05, 0.1) is 12.7 Å². The van der Waals surface area contributed by atoms with Crippen molar-refractivity contribution in [1.29, 1.82) is 0 Å². The van der Waals surface area contributed by atoms with Crippen molar-refractivity contribution >= 4 is 0 Å². The molecule has 2 rings (SSSR count). The van der Waals surface area contributed by atoms with Gasteiger partial charge in [0.25, 0.3) is 0 Å². The molecule has 2 N–H and O–H groups in total. The number of hydrogen-bond acceptors (Lipinski definition) is 3. The zero-order chi connectivity index (χ0) is 10.8. The van der Waals surface area contributed by atoms with E-state index >= 15 is 0 Å². The highest BCUT2D eigenvalue weighted by Crippen LogP contribution is 2.37. The Hall–Kier alpha value is -2.04. The molecule has 0 atom stereocenters. The number of hydrogen-bond donors (Lipinski definition) is 2. The monoisotopic (exact) mass is 208 g/mol. The number of nitrogens with one attached hydrogen (secondary N) is 1. The summed E-state index contributed by atoms with van der Waals surface area (Å²) in [6.07, 6.45) is 3.03. The lowest BCUT2D eigenvalue weighted by molar-refractivity contribution is 0.372. The number of ether oxygens (including phenoxy) is 1. The number of aromatic nitrogens is 2. The standard InChI is InChI=1S/C10H9FN2O2/c1-15-7-3-2-6(11)8(9(7)14)10-12-4-5-13-10/h2-5,14H,1H3,(H,12,13). The van der Waals surface area contributed by atoms with Gasteiger partial charge in [-0.15, -0.1) is 0 Å². The van der Waals surface area contributed by atoms with Crippen LogP contribution in [0.15, 0.2) is 24.5 Å². The summed E-state index contributed by atoms with van der Waals surface area (Å²) in [7, 11) is 1.40. The minimum absolute atomic E-state index is 0.0133. The maximum absolute atomic E-state index is 13.5. The number of halogens is 1. The highest BCUT2D eigenvalue weighted by molar-refractivity contribution is 5.68. The Labute approximate surface area is 85.4 Å². The predicted molar refractivity (Wildman–Crippen MR) is 52.2 cm³/mol. The van der Waals surface area contributed by atoms with Gasteiger partial charge in [0.1, 0.15) is 11.6 Å². The maximum atomic E-state index is 13.5. The lowest BCUT2D eigenvalue weighted by Crippen LogP contribution is -1.91. The Bertz CT molecular complexity index is 469. The molecule has 78 valence electrons. The van der Waals surface area contributed by atoms with E-state index in [4.69, 9.17) is 4.74 Å². The highest BCUT2D eigenvalue weighted by atomic mass is 19.1. The summed E-state index contributed by atoms with van der Waals surface area (Å²) in [5, 5.41) is 9.72. The van der Waals surface area contributed by atoms with Crippen LogP contribution in [0.4, 0.5) is 4.39 Å². The molecule has 2 aromatic rings. The van der Waals surface area contributed by atoms with Crippen LogP contribution >= 0.6 is 0 Å². The average Bonchev–Trinajstić information content (AvgIpc) is 2.71. The molecular weight excluding hydrogens is 199 g/mol. The first kappa shape index (κ1) is 9.51. The molecule has 1 aromatic carbocycles. The molecule has 0 aliphatic rings. The van der Waals surface area contributed by atoms with Crippen LogP contribution in [0.3, 0.4) is 0 Å². The number of methoxy groups -OCH3 is 1. The van der Waals surface area contributed by atoms with Crippen molar-refractivity contribution in [1.82, 2.24) is 9.97 Å². The largest absolute Gasteiger partial charge is 0.504 e. The van der Waals surface area contributed by atoms with Gasteiger partial charge in [-0.3, -0.25) is 0 Å². The summed E-state index contributed by atoms with van der Waals surface area (Å²) in [6.45, 7) is 0. The predicted octanol–water partition coefficient (Wildman–Crippen LogP) is 1.93. The van der Waals surface area contributed by atoms with E-state index in [0.29, 0.717) is 0 Å². The Morgan fingerprint density at radius 1 is 1.47 bits per heavy atom. The van der Waals surface area contributed by atoms with Gasteiger partial charge in [0, 0.05) is 12.4 Å². The first-order valence-corrected chi connectivity index (χ1v) is 4.29. The first-order chi connectivity index (χ1) is 7.24. The van der Waals surface area contributed by atoms with Crippen LogP contribution in [0.1, 0.15) is 0 Å². The zero-order valence-electron chi connectivity index (χ0n) is 7.99. The molecule has 0 aliphatic carbocycles. The van der Waals surface area contributed by atoms with Crippen molar-refractivity contribution in [3.63, 3.8) is 0 Å². The third-order valence-electron chi connectivity index (χ3n) is 2.04.